The number of carbonyl (C=O) groups is 3. The highest BCUT2D eigenvalue weighted by Gasteiger charge is 2.24. The van der Waals surface area contributed by atoms with Gasteiger partial charge in [-0.05, 0) is 42.8 Å². The summed E-state index contributed by atoms with van der Waals surface area (Å²) in [5.41, 5.74) is 3.57. The van der Waals surface area contributed by atoms with Crippen molar-refractivity contribution in [3.63, 3.8) is 0 Å². The second-order valence-electron chi connectivity index (χ2n) is 9.43. The number of nitrogens with zero attached hydrogens (tertiary/aromatic N) is 2. The highest BCUT2D eigenvalue weighted by Crippen LogP contribution is 2.23. The van der Waals surface area contributed by atoms with E-state index < -0.39 is 12.0 Å². The van der Waals surface area contributed by atoms with Gasteiger partial charge in [0.2, 0.25) is 5.89 Å². The van der Waals surface area contributed by atoms with Crippen LogP contribution in [-0.4, -0.2) is 34.4 Å². The molecule has 5 aromatic rings. The van der Waals surface area contributed by atoms with Crippen LogP contribution in [0.4, 0.5) is 0 Å². The van der Waals surface area contributed by atoms with Crippen LogP contribution in [0, 0.1) is 6.92 Å². The minimum atomic E-state index is -0.835. The molecule has 1 unspecified atom stereocenters. The molecular weight excluding hydrogens is 520 g/mol. The van der Waals surface area contributed by atoms with Gasteiger partial charge in [0.1, 0.15) is 17.6 Å². The zero-order valence-electron chi connectivity index (χ0n) is 22.4. The van der Waals surface area contributed by atoms with Crippen LogP contribution in [0.15, 0.2) is 108 Å². The number of aryl methyl sites for hydroxylation is 1. The minimum Gasteiger partial charge on any atom is -0.493 e. The van der Waals surface area contributed by atoms with Gasteiger partial charge in [-0.2, -0.15) is 0 Å². The molecule has 0 aliphatic heterocycles. The zero-order valence-corrected chi connectivity index (χ0v) is 22.4. The largest absolute Gasteiger partial charge is 0.493 e. The summed E-state index contributed by atoms with van der Waals surface area (Å²) in [5, 5.41) is 0. The maximum Gasteiger partial charge on any atom is 0.336 e. The summed E-state index contributed by atoms with van der Waals surface area (Å²) in [7, 11) is 0. The van der Waals surface area contributed by atoms with Crippen LogP contribution in [0.5, 0.6) is 5.75 Å². The van der Waals surface area contributed by atoms with Gasteiger partial charge in [0.25, 0.3) is 0 Å². The van der Waals surface area contributed by atoms with Crippen molar-refractivity contribution in [3.8, 4) is 17.2 Å². The van der Waals surface area contributed by atoms with E-state index in [1.54, 1.807) is 47.3 Å². The van der Waals surface area contributed by atoms with Crippen molar-refractivity contribution >= 4 is 18.2 Å². The van der Waals surface area contributed by atoms with Crippen LogP contribution in [0.1, 0.15) is 39.0 Å². The molecule has 0 bridgehead atoms. The van der Waals surface area contributed by atoms with Crippen molar-refractivity contribution in [2.75, 3.05) is 6.61 Å². The Kier molecular flexibility index (Phi) is 8.49. The van der Waals surface area contributed by atoms with E-state index in [-0.39, 0.29) is 18.7 Å². The molecule has 8 nitrogen and oxygen atoms in total. The molecule has 5 rings (SSSR count). The van der Waals surface area contributed by atoms with Crippen molar-refractivity contribution in [1.29, 1.82) is 0 Å². The van der Waals surface area contributed by atoms with Crippen molar-refractivity contribution < 1.29 is 28.3 Å². The van der Waals surface area contributed by atoms with Crippen molar-refractivity contribution in [2.45, 2.75) is 25.8 Å². The number of aromatic nitrogens is 2. The number of rotatable bonds is 12. The second kappa shape index (κ2) is 12.7. The molecule has 3 aromatic carbocycles. The first kappa shape index (κ1) is 27.3. The van der Waals surface area contributed by atoms with E-state index in [9.17, 15) is 14.4 Å². The van der Waals surface area contributed by atoms with Crippen LogP contribution < -0.4 is 4.74 Å². The van der Waals surface area contributed by atoms with Crippen LogP contribution in [-0.2, 0) is 27.2 Å². The van der Waals surface area contributed by atoms with Crippen LogP contribution in [0.25, 0.3) is 11.5 Å². The lowest BCUT2D eigenvalue weighted by molar-refractivity contribution is -0.154. The van der Waals surface area contributed by atoms with Gasteiger partial charge in [-0.3, -0.25) is 9.59 Å². The summed E-state index contributed by atoms with van der Waals surface area (Å²) in [6, 6.07) is 26.8. The fourth-order valence-electron chi connectivity index (χ4n) is 4.51. The van der Waals surface area contributed by atoms with Crippen molar-refractivity contribution in [1.82, 2.24) is 9.55 Å². The van der Waals surface area contributed by atoms with Crippen LogP contribution in [0.3, 0.4) is 0 Å². The standard InChI is InChI=1S/C33H28N2O6/c1-23-29(34-32(41-23)26-10-6-3-7-11-26)17-19-39-28-14-12-24(13-15-28)20-30(33(38)40-22-36)35-18-16-27(21-35)31(37)25-8-4-2-5-9-25/h2-16,18,21-22,30H,17,19-20H2,1H3. The number of carbonyl (C=O) groups excluding carboxylic acids is 3. The van der Waals surface area contributed by atoms with Gasteiger partial charge in [-0.15, -0.1) is 0 Å². The molecule has 0 aliphatic rings. The summed E-state index contributed by atoms with van der Waals surface area (Å²) in [5.74, 6) is 1.14. The van der Waals surface area contributed by atoms with Crippen molar-refractivity contribution in [3.05, 3.63) is 132 Å². The van der Waals surface area contributed by atoms with E-state index in [0.717, 1.165) is 22.6 Å². The number of hydrogen-bond donors (Lipinski definition) is 0. The van der Waals surface area contributed by atoms with E-state index in [1.165, 1.54) is 0 Å². The lowest BCUT2D eigenvalue weighted by Gasteiger charge is -2.16. The Hall–Kier alpha value is -5.24. The first-order chi connectivity index (χ1) is 20.0. The summed E-state index contributed by atoms with van der Waals surface area (Å²) in [4.78, 5) is 41.0. The third-order valence-electron chi connectivity index (χ3n) is 6.68. The Bertz CT molecular complexity index is 1620. The third kappa shape index (κ3) is 6.67. The molecule has 2 heterocycles. The molecule has 1 atom stereocenters. The first-order valence-electron chi connectivity index (χ1n) is 13.2. The molecule has 0 N–H and O–H groups in total. The molecular formula is C33H28N2O6. The number of ether oxygens (including phenoxy) is 2. The Balaban J connectivity index is 1.22. The summed E-state index contributed by atoms with van der Waals surface area (Å²) >= 11 is 0. The second-order valence-corrected chi connectivity index (χ2v) is 9.43. The number of esters is 1. The highest BCUT2D eigenvalue weighted by molar-refractivity contribution is 6.08. The van der Waals surface area contributed by atoms with Crippen LogP contribution >= 0.6 is 0 Å². The maximum atomic E-state index is 12.8. The van der Waals surface area contributed by atoms with Crippen molar-refractivity contribution in [2.24, 2.45) is 0 Å². The van der Waals surface area contributed by atoms with Gasteiger partial charge in [-0.1, -0.05) is 60.7 Å². The lowest BCUT2D eigenvalue weighted by Crippen LogP contribution is -2.23. The number of hydrogen-bond acceptors (Lipinski definition) is 7. The van der Waals surface area contributed by atoms with Crippen LogP contribution in [0.2, 0.25) is 0 Å². The fraction of sp³-hybridized carbons (Fsp3) is 0.152. The molecule has 206 valence electrons. The predicted molar refractivity (Wildman–Crippen MR) is 152 cm³/mol. The van der Waals surface area contributed by atoms with Gasteiger partial charge < -0.3 is 18.5 Å². The van der Waals surface area contributed by atoms with Gasteiger partial charge in [0.05, 0.1) is 12.3 Å². The third-order valence-corrected chi connectivity index (χ3v) is 6.68. The Morgan fingerprint density at radius 2 is 1.63 bits per heavy atom. The Labute approximate surface area is 237 Å². The highest BCUT2D eigenvalue weighted by atomic mass is 16.6. The van der Waals surface area contributed by atoms with Gasteiger partial charge in [-0.25, -0.2) is 9.78 Å². The summed E-state index contributed by atoms with van der Waals surface area (Å²) < 4.78 is 18.0. The first-order valence-corrected chi connectivity index (χ1v) is 13.2. The number of benzene rings is 3. The molecule has 8 heteroatoms. The van der Waals surface area contributed by atoms with E-state index in [1.807, 2.05) is 67.6 Å². The quantitative estimate of drug-likeness (QED) is 0.0842. The maximum absolute atomic E-state index is 12.8. The molecule has 0 radical (unpaired) electrons. The molecule has 0 fully saturated rings. The molecule has 0 amide bonds. The molecule has 2 aromatic heterocycles. The number of ketones is 1. The smallest absolute Gasteiger partial charge is 0.336 e. The minimum absolute atomic E-state index is 0.116. The Morgan fingerprint density at radius 3 is 2.34 bits per heavy atom. The van der Waals surface area contributed by atoms with Gasteiger partial charge >= 0.3 is 12.4 Å². The van der Waals surface area contributed by atoms with Gasteiger partial charge in [0.15, 0.2) is 5.78 Å². The fourth-order valence-corrected chi connectivity index (χ4v) is 4.51. The molecule has 41 heavy (non-hydrogen) atoms. The molecule has 0 spiro atoms. The Morgan fingerprint density at radius 1 is 0.927 bits per heavy atom. The monoisotopic (exact) mass is 548 g/mol. The SMILES string of the molecule is Cc1oc(-c2ccccc2)nc1CCOc1ccc(CC(C(=O)OC=O)n2ccc(C(=O)c3ccccc3)c2)cc1. The predicted octanol–water partition coefficient (Wildman–Crippen LogP) is 5.79. The average Bonchev–Trinajstić information content (AvgIpc) is 3.64. The van der Waals surface area contributed by atoms with E-state index in [2.05, 4.69) is 9.72 Å². The average molecular weight is 549 g/mol. The topological polar surface area (TPSA) is 101 Å². The number of oxazole rings is 1. The normalized spacial score (nSPS) is 11.5. The lowest BCUT2D eigenvalue weighted by atomic mass is 10.1. The molecule has 0 saturated heterocycles. The van der Waals surface area contributed by atoms with Gasteiger partial charge in [0, 0.05) is 41.9 Å². The molecule has 0 aliphatic carbocycles. The van der Waals surface area contributed by atoms with E-state index in [0.29, 0.717) is 35.8 Å². The summed E-state index contributed by atoms with van der Waals surface area (Å²) in [6.07, 6.45) is 4.07. The van der Waals surface area contributed by atoms with E-state index in [4.69, 9.17) is 9.15 Å². The molecule has 0 saturated carbocycles. The van der Waals surface area contributed by atoms with E-state index >= 15 is 0 Å². The zero-order chi connectivity index (χ0) is 28.6. The summed E-state index contributed by atoms with van der Waals surface area (Å²) in [6.45, 7) is 2.42.